The molecule has 7 nitrogen and oxygen atoms in total. The van der Waals surface area contributed by atoms with Crippen molar-refractivity contribution in [3.8, 4) is 5.75 Å². The lowest BCUT2D eigenvalue weighted by Crippen LogP contribution is -2.32. The van der Waals surface area contributed by atoms with E-state index < -0.39 is 22.5 Å². The minimum absolute atomic E-state index is 0.000479. The number of hydrogen-bond acceptors (Lipinski definition) is 5. The van der Waals surface area contributed by atoms with Crippen LogP contribution in [0.2, 0.25) is 0 Å². The maximum absolute atomic E-state index is 12.5. The number of carbonyl (C=O) groups excluding carboxylic acids is 1. The maximum Gasteiger partial charge on any atom is 0.387 e. The fourth-order valence-electron chi connectivity index (χ4n) is 2.51. The number of benzene rings is 2. The first-order valence-electron chi connectivity index (χ1n) is 8.24. The monoisotopic (exact) mass is 413 g/mol. The Balaban J connectivity index is 2.02. The van der Waals surface area contributed by atoms with Gasteiger partial charge in [-0.15, -0.1) is 0 Å². The van der Waals surface area contributed by atoms with Gasteiger partial charge in [-0.05, 0) is 43.8 Å². The lowest BCUT2D eigenvalue weighted by atomic mass is 10.1. The van der Waals surface area contributed by atoms with Crippen molar-refractivity contribution < 1.29 is 26.7 Å². The maximum atomic E-state index is 12.5. The summed E-state index contributed by atoms with van der Waals surface area (Å²) in [5.41, 5.74) is 0.926. The number of nitrogens with zero attached hydrogens (tertiary/aromatic N) is 1. The third-order valence-corrected chi connectivity index (χ3v) is 5.05. The molecule has 0 bridgehead atoms. The zero-order valence-corrected chi connectivity index (χ0v) is 16.1. The summed E-state index contributed by atoms with van der Waals surface area (Å²) in [6, 6.07) is 11.7. The molecule has 0 aromatic heterocycles. The van der Waals surface area contributed by atoms with Crippen LogP contribution in [0.15, 0.2) is 53.4 Å². The van der Waals surface area contributed by atoms with Crippen LogP contribution in [0.4, 0.5) is 14.5 Å². The number of hydrogen-bond donors (Lipinski definition) is 2. The van der Waals surface area contributed by atoms with Gasteiger partial charge < -0.3 is 10.1 Å². The molecule has 1 amide bonds. The normalized spacial score (nSPS) is 12.8. The number of primary sulfonamides is 1. The highest BCUT2D eigenvalue weighted by molar-refractivity contribution is 7.89. The van der Waals surface area contributed by atoms with E-state index in [0.717, 1.165) is 5.56 Å². The first-order chi connectivity index (χ1) is 13.1. The van der Waals surface area contributed by atoms with Crippen LogP contribution in [0.25, 0.3) is 0 Å². The van der Waals surface area contributed by atoms with E-state index in [2.05, 4.69) is 10.1 Å². The molecule has 0 fully saturated rings. The van der Waals surface area contributed by atoms with Crippen LogP contribution < -0.4 is 15.2 Å². The second kappa shape index (κ2) is 9.09. The molecular weight excluding hydrogens is 392 g/mol. The van der Waals surface area contributed by atoms with Crippen LogP contribution in [-0.4, -0.2) is 39.4 Å². The summed E-state index contributed by atoms with van der Waals surface area (Å²) in [6.45, 7) is -1.19. The average Bonchev–Trinajstić information content (AvgIpc) is 2.61. The van der Waals surface area contributed by atoms with E-state index in [-0.39, 0.29) is 28.9 Å². The van der Waals surface area contributed by atoms with E-state index in [1.165, 1.54) is 30.3 Å². The van der Waals surface area contributed by atoms with Crippen LogP contribution in [0.1, 0.15) is 18.5 Å². The second-order valence-electron chi connectivity index (χ2n) is 6.13. The highest BCUT2D eigenvalue weighted by atomic mass is 32.2. The zero-order valence-electron chi connectivity index (χ0n) is 15.3. The Morgan fingerprint density at radius 2 is 1.79 bits per heavy atom. The summed E-state index contributed by atoms with van der Waals surface area (Å²) in [7, 11) is -2.07. The van der Waals surface area contributed by atoms with Gasteiger partial charge in [-0.25, -0.2) is 13.6 Å². The number of nitrogens with two attached hydrogens (primary N) is 1. The number of carbonyl (C=O) groups is 1. The Labute approximate surface area is 162 Å². The Hall–Kier alpha value is -2.56. The lowest BCUT2D eigenvalue weighted by molar-refractivity contribution is -0.117. The molecule has 0 spiro atoms. The highest BCUT2D eigenvalue weighted by Gasteiger charge is 2.17. The van der Waals surface area contributed by atoms with Crippen LogP contribution in [0.5, 0.6) is 5.75 Å². The van der Waals surface area contributed by atoms with Gasteiger partial charge in [0.2, 0.25) is 15.9 Å². The van der Waals surface area contributed by atoms with Crippen molar-refractivity contribution in [2.24, 2.45) is 5.14 Å². The summed E-state index contributed by atoms with van der Waals surface area (Å²) in [5.74, 6) is -0.541. The van der Waals surface area contributed by atoms with Crippen molar-refractivity contribution in [1.82, 2.24) is 4.90 Å². The van der Waals surface area contributed by atoms with Crippen LogP contribution in [-0.2, 0) is 14.8 Å². The SMILES string of the molecule is CC(c1ccc(S(N)(=O)=O)cc1)N(C)CC(=O)Nc1ccccc1OC(F)F. The van der Waals surface area contributed by atoms with E-state index in [4.69, 9.17) is 5.14 Å². The average molecular weight is 413 g/mol. The summed E-state index contributed by atoms with van der Waals surface area (Å²) in [5, 5.41) is 7.62. The molecule has 10 heteroatoms. The molecule has 0 aliphatic carbocycles. The van der Waals surface area contributed by atoms with E-state index in [1.54, 1.807) is 30.1 Å². The standard InChI is InChI=1S/C18H21F2N3O4S/c1-12(13-7-9-14(10-8-13)28(21,25)26)23(2)11-17(24)22-15-5-3-4-6-16(15)27-18(19)20/h3-10,12,18H,11H2,1-2H3,(H,22,24)(H2,21,25,26). The molecule has 0 saturated heterocycles. The quantitative estimate of drug-likeness (QED) is 0.693. The van der Waals surface area contributed by atoms with Crippen molar-refractivity contribution in [3.05, 3.63) is 54.1 Å². The highest BCUT2D eigenvalue weighted by Crippen LogP contribution is 2.26. The number of rotatable bonds is 8. The molecule has 2 rings (SSSR count). The van der Waals surface area contributed by atoms with E-state index in [0.29, 0.717) is 0 Å². The predicted molar refractivity (Wildman–Crippen MR) is 101 cm³/mol. The second-order valence-corrected chi connectivity index (χ2v) is 7.69. The summed E-state index contributed by atoms with van der Waals surface area (Å²) in [4.78, 5) is 14.0. The van der Waals surface area contributed by atoms with Gasteiger partial charge in [-0.2, -0.15) is 8.78 Å². The molecule has 0 heterocycles. The molecule has 152 valence electrons. The van der Waals surface area contributed by atoms with Gasteiger partial charge in [-0.1, -0.05) is 24.3 Å². The molecule has 0 radical (unpaired) electrons. The Bertz CT molecular complexity index is 921. The van der Waals surface area contributed by atoms with Crippen molar-refractivity contribution in [1.29, 1.82) is 0 Å². The molecule has 2 aromatic carbocycles. The molecule has 3 N–H and O–H groups in total. The Morgan fingerprint density at radius 1 is 1.18 bits per heavy atom. The summed E-state index contributed by atoms with van der Waals surface area (Å²) < 4.78 is 51.9. The zero-order chi connectivity index (χ0) is 20.9. The van der Waals surface area contributed by atoms with Crippen molar-refractivity contribution in [2.75, 3.05) is 18.9 Å². The van der Waals surface area contributed by atoms with Gasteiger partial charge in [-0.3, -0.25) is 9.69 Å². The summed E-state index contributed by atoms with van der Waals surface area (Å²) >= 11 is 0. The van der Waals surface area contributed by atoms with Crippen LogP contribution >= 0.6 is 0 Å². The smallest absolute Gasteiger partial charge is 0.387 e. The first kappa shape index (κ1) is 21.7. The molecular formula is C18H21F2N3O4S. The van der Waals surface area contributed by atoms with E-state index in [9.17, 15) is 22.0 Å². The number of ether oxygens (including phenoxy) is 1. The number of nitrogens with one attached hydrogen (secondary N) is 1. The van der Waals surface area contributed by atoms with Gasteiger partial charge in [0.1, 0.15) is 5.75 Å². The number of likely N-dealkylation sites (N-methyl/N-ethyl adjacent to an activating group) is 1. The van der Waals surface area contributed by atoms with Gasteiger partial charge in [0.25, 0.3) is 0 Å². The van der Waals surface area contributed by atoms with Gasteiger partial charge in [0, 0.05) is 6.04 Å². The van der Waals surface area contributed by atoms with Crippen LogP contribution in [0, 0.1) is 0 Å². The lowest BCUT2D eigenvalue weighted by Gasteiger charge is -2.24. The molecule has 1 atom stereocenters. The van der Waals surface area contributed by atoms with Crippen molar-refractivity contribution in [3.63, 3.8) is 0 Å². The van der Waals surface area contributed by atoms with Crippen LogP contribution in [0.3, 0.4) is 0 Å². The summed E-state index contributed by atoms with van der Waals surface area (Å²) in [6.07, 6.45) is 0. The van der Waals surface area contributed by atoms with E-state index >= 15 is 0 Å². The predicted octanol–water partition coefficient (Wildman–Crippen LogP) is 2.57. The molecule has 2 aromatic rings. The number of halogens is 2. The van der Waals surface area contributed by atoms with Crippen molar-refractivity contribution >= 4 is 21.6 Å². The minimum Gasteiger partial charge on any atom is -0.433 e. The van der Waals surface area contributed by atoms with Gasteiger partial charge in [0.15, 0.2) is 0 Å². The fourth-order valence-corrected chi connectivity index (χ4v) is 3.03. The topological polar surface area (TPSA) is 102 Å². The molecule has 0 saturated carbocycles. The van der Waals surface area contributed by atoms with Gasteiger partial charge in [0.05, 0.1) is 17.1 Å². The third kappa shape index (κ3) is 5.98. The molecule has 0 aliphatic rings. The number of alkyl halides is 2. The van der Waals surface area contributed by atoms with E-state index in [1.807, 2.05) is 6.92 Å². The number of para-hydroxylation sites is 2. The Kier molecular flexibility index (Phi) is 7.05. The Morgan fingerprint density at radius 3 is 2.36 bits per heavy atom. The number of sulfonamides is 1. The third-order valence-electron chi connectivity index (χ3n) is 4.12. The number of amides is 1. The largest absolute Gasteiger partial charge is 0.433 e. The molecule has 1 unspecified atom stereocenters. The minimum atomic E-state index is -3.77. The van der Waals surface area contributed by atoms with Crippen molar-refractivity contribution in [2.45, 2.75) is 24.5 Å². The van der Waals surface area contributed by atoms with Gasteiger partial charge >= 0.3 is 6.61 Å². The molecule has 0 aliphatic heterocycles. The fraction of sp³-hybridized carbons (Fsp3) is 0.278. The number of anilines is 1. The molecule has 28 heavy (non-hydrogen) atoms. The first-order valence-corrected chi connectivity index (χ1v) is 9.79.